The smallest absolute Gasteiger partial charge is 0.229 e. The summed E-state index contributed by atoms with van der Waals surface area (Å²) in [6, 6.07) is 11.5. The molecular weight excluding hydrogens is 349 g/mol. The highest BCUT2D eigenvalue weighted by Gasteiger charge is 2.21. The van der Waals surface area contributed by atoms with Gasteiger partial charge in [-0.05, 0) is 55.3 Å². The predicted octanol–water partition coefficient (Wildman–Crippen LogP) is 3.63. The zero-order chi connectivity index (χ0) is 19.2. The van der Waals surface area contributed by atoms with Crippen LogP contribution in [0, 0.1) is 5.82 Å². The molecule has 1 aliphatic heterocycles. The van der Waals surface area contributed by atoms with Crippen molar-refractivity contribution < 1.29 is 23.4 Å². The van der Waals surface area contributed by atoms with Crippen LogP contribution in [0.5, 0.6) is 17.2 Å². The number of carbonyl (C=O) groups excluding carboxylic acids is 1. The van der Waals surface area contributed by atoms with Gasteiger partial charge in [0.25, 0.3) is 0 Å². The van der Waals surface area contributed by atoms with Crippen molar-refractivity contribution in [2.45, 2.75) is 19.3 Å². The van der Waals surface area contributed by atoms with E-state index in [1.54, 1.807) is 24.1 Å². The maximum atomic E-state index is 12.9. The SMILES string of the molecule is CC(C(=O)N(C)CCCOc1ccc(F)cc1)c1ccc2c(c1)OCCO2. The molecular formula is C21H24FNO4. The van der Waals surface area contributed by atoms with E-state index in [2.05, 4.69) is 0 Å². The zero-order valence-electron chi connectivity index (χ0n) is 15.6. The molecule has 144 valence electrons. The minimum absolute atomic E-state index is 0.0356. The van der Waals surface area contributed by atoms with E-state index < -0.39 is 0 Å². The first-order valence-electron chi connectivity index (χ1n) is 9.07. The largest absolute Gasteiger partial charge is 0.494 e. The molecule has 0 spiro atoms. The van der Waals surface area contributed by atoms with E-state index in [1.807, 2.05) is 25.1 Å². The molecule has 1 unspecified atom stereocenters. The quantitative estimate of drug-likeness (QED) is 0.696. The Balaban J connectivity index is 1.48. The molecule has 2 aromatic rings. The van der Waals surface area contributed by atoms with Crippen molar-refractivity contribution in [3.05, 3.63) is 53.8 Å². The van der Waals surface area contributed by atoms with Crippen LogP contribution in [0.3, 0.4) is 0 Å². The predicted molar refractivity (Wildman–Crippen MR) is 100.0 cm³/mol. The second-order valence-corrected chi connectivity index (χ2v) is 6.54. The van der Waals surface area contributed by atoms with Crippen LogP contribution in [0.25, 0.3) is 0 Å². The summed E-state index contributed by atoms with van der Waals surface area (Å²) in [4.78, 5) is 14.4. The second-order valence-electron chi connectivity index (χ2n) is 6.54. The van der Waals surface area contributed by atoms with Crippen molar-refractivity contribution in [1.82, 2.24) is 4.90 Å². The summed E-state index contributed by atoms with van der Waals surface area (Å²) < 4.78 is 29.5. The normalized spacial score (nSPS) is 13.7. The lowest BCUT2D eigenvalue weighted by Crippen LogP contribution is -2.32. The van der Waals surface area contributed by atoms with E-state index in [4.69, 9.17) is 14.2 Å². The minimum Gasteiger partial charge on any atom is -0.494 e. The third-order valence-corrected chi connectivity index (χ3v) is 4.53. The monoisotopic (exact) mass is 373 g/mol. The van der Waals surface area contributed by atoms with Gasteiger partial charge in [-0.25, -0.2) is 4.39 Å². The fourth-order valence-electron chi connectivity index (χ4n) is 2.94. The van der Waals surface area contributed by atoms with Crippen LogP contribution < -0.4 is 14.2 Å². The van der Waals surface area contributed by atoms with Gasteiger partial charge in [0.15, 0.2) is 11.5 Å². The van der Waals surface area contributed by atoms with Crippen LogP contribution in [-0.4, -0.2) is 44.2 Å². The third-order valence-electron chi connectivity index (χ3n) is 4.53. The summed E-state index contributed by atoms with van der Waals surface area (Å²) in [5.41, 5.74) is 0.902. The molecule has 1 amide bonds. The molecule has 5 nitrogen and oxygen atoms in total. The van der Waals surface area contributed by atoms with Gasteiger partial charge in [-0.3, -0.25) is 4.79 Å². The highest BCUT2D eigenvalue weighted by Crippen LogP contribution is 2.33. The summed E-state index contributed by atoms with van der Waals surface area (Å²) in [5.74, 6) is 1.50. The number of likely N-dealkylation sites (N-methyl/N-ethyl adjacent to an activating group) is 1. The number of nitrogens with zero attached hydrogens (tertiary/aromatic N) is 1. The third kappa shape index (κ3) is 4.90. The van der Waals surface area contributed by atoms with Crippen LogP contribution in [0.15, 0.2) is 42.5 Å². The molecule has 0 fully saturated rings. The van der Waals surface area contributed by atoms with E-state index >= 15 is 0 Å². The highest BCUT2D eigenvalue weighted by atomic mass is 19.1. The summed E-state index contributed by atoms with van der Waals surface area (Å²) >= 11 is 0. The van der Waals surface area contributed by atoms with Gasteiger partial charge in [-0.15, -0.1) is 0 Å². The second kappa shape index (κ2) is 8.75. The Morgan fingerprint density at radius 2 is 1.85 bits per heavy atom. The number of fused-ring (bicyclic) bond motifs is 1. The number of carbonyl (C=O) groups is 1. The molecule has 0 radical (unpaired) electrons. The Hall–Kier alpha value is -2.76. The Labute approximate surface area is 158 Å². The van der Waals surface area contributed by atoms with Gasteiger partial charge in [0.2, 0.25) is 5.91 Å². The number of hydrogen-bond acceptors (Lipinski definition) is 4. The lowest BCUT2D eigenvalue weighted by atomic mass is 9.99. The van der Waals surface area contributed by atoms with Gasteiger partial charge in [0.1, 0.15) is 24.8 Å². The van der Waals surface area contributed by atoms with E-state index in [1.165, 1.54) is 12.1 Å². The van der Waals surface area contributed by atoms with Gasteiger partial charge in [-0.2, -0.15) is 0 Å². The van der Waals surface area contributed by atoms with Gasteiger partial charge in [0, 0.05) is 13.6 Å². The van der Waals surface area contributed by atoms with Gasteiger partial charge in [-0.1, -0.05) is 6.07 Å². The van der Waals surface area contributed by atoms with E-state index in [9.17, 15) is 9.18 Å². The van der Waals surface area contributed by atoms with Crippen LogP contribution >= 0.6 is 0 Å². The lowest BCUT2D eigenvalue weighted by Gasteiger charge is -2.23. The van der Waals surface area contributed by atoms with Gasteiger partial charge in [0.05, 0.1) is 12.5 Å². The van der Waals surface area contributed by atoms with Crippen molar-refractivity contribution in [2.24, 2.45) is 0 Å². The average molecular weight is 373 g/mol. The van der Waals surface area contributed by atoms with Crippen molar-refractivity contribution >= 4 is 5.91 Å². The number of amides is 1. The molecule has 0 saturated carbocycles. The van der Waals surface area contributed by atoms with Crippen molar-refractivity contribution in [3.63, 3.8) is 0 Å². The van der Waals surface area contributed by atoms with Crippen LogP contribution in [-0.2, 0) is 4.79 Å². The Morgan fingerprint density at radius 1 is 1.15 bits per heavy atom. The zero-order valence-corrected chi connectivity index (χ0v) is 15.6. The average Bonchev–Trinajstić information content (AvgIpc) is 2.70. The summed E-state index contributed by atoms with van der Waals surface area (Å²) in [7, 11) is 1.79. The summed E-state index contributed by atoms with van der Waals surface area (Å²) in [6.07, 6.45) is 0.688. The summed E-state index contributed by atoms with van der Waals surface area (Å²) in [6.45, 7) is 3.99. The molecule has 1 heterocycles. The molecule has 0 N–H and O–H groups in total. The standard InChI is InChI=1S/C21H24FNO4/c1-15(16-4-9-19-20(14-16)27-13-12-26-19)21(24)23(2)10-3-11-25-18-7-5-17(22)6-8-18/h4-9,14-15H,3,10-13H2,1-2H3. The maximum Gasteiger partial charge on any atom is 0.229 e. The van der Waals surface area contributed by atoms with Crippen LogP contribution in [0.1, 0.15) is 24.8 Å². The highest BCUT2D eigenvalue weighted by molar-refractivity contribution is 5.83. The molecule has 0 aliphatic carbocycles. The van der Waals surface area contributed by atoms with Gasteiger partial charge < -0.3 is 19.1 Å². The number of halogens is 1. The maximum absolute atomic E-state index is 12.9. The topological polar surface area (TPSA) is 48.0 Å². The first-order chi connectivity index (χ1) is 13.0. The Bertz CT molecular complexity index is 778. The lowest BCUT2D eigenvalue weighted by molar-refractivity contribution is -0.131. The fraction of sp³-hybridized carbons (Fsp3) is 0.381. The first kappa shape index (κ1) is 19.0. The first-order valence-corrected chi connectivity index (χ1v) is 9.07. The molecule has 0 aromatic heterocycles. The molecule has 1 aliphatic rings. The molecule has 27 heavy (non-hydrogen) atoms. The number of ether oxygens (including phenoxy) is 3. The number of hydrogen-bond donors (Lipinski definition) is 0. The molecule has 2 aromatic carbocycles. The van der Waals surface area contributed by atoms with Crippen molar-refractivity contribution in [3.8, 4) is 17.2 Å². The number of benzene rings is 2. The molecule has 1 atom stereocenters. The Morgan fingerprint density at radius 3 is 2.59 bits per heavy atom. The molecule has 0 saturated heterocycles. The summed E-state index contributed by atoms with van der Waals surface area (Å²) in [5, 5.41) is 0. The minimum atomic E-state index is -0.291. The van der Waals surface area contributed by atoms with Crippen LogP contribution in [0.2, 0.25) is 0 Å². The molecule has 0 bridgehead atoms. The number of rotatable bonds is 7. The molecule has 3 rings (SSSR count). The Kier molecular flexibility index (Phi) is 6.16. The van der Waals surface area contributed by atoms with E-state index in [0.717, 1.165) is 11.3 Å². The molecule has 6 heteroatoms. The van der Waals surface area contributed by atoms with Crippen molar-refractivity contribution in [1.29, 1.82) is 0 Å². The van der Waals surface area contributed by atoms with E-state index in [0.29, 0.717) is 44.3 Å². The van der Waals surface area contributed by atoms with Crippen molar-refractivity contribution in [2.75, 3.05) is 33.4 Å². The van der Waals surface area contributed by atoms with E-state index in [-0.39, 0.29) is 17.6 Å². The van der Waals surface area contributed by atoms with Gasteiger partial charge >= 0.3 is 0 Å². The van der Waals surface area contributed by atoms with Crippen LogP contribution in [0.4, 0.5) is 4.39 Å². The fourth-order valence-corrected chi connectivity index (χ4v) is 2.94.